The quantitative estimate of drug-likeness (QED) is 0.165. The number of hydrogen-bond acceptors (Lipinski definition) is 2. The molecule has 0 N–H and O–H groups in total. The summed E-state index contributed by atoms with van der Waals surface area (Å²) >= 11 is 0. The molecular weight excluding hydrogens is 631 g/mol. The molecular formula is C50H33NO. The fourth-order valence-electron chi connectivity index (χ4n) is 7.84. The minimum absolute atomic E-state index is 0.877. The Hall–Kier alpha value is -6.90. The molecule has 0 spiro atoms. The van der Waals surface area contributed by atoms with Crippen LogP contribution >= 0.6 is 0 Å². The largest absolute Gasteiger partial charge is 0.455 e. The summed E-state index contributed by atoms with van der Waals surface area (Å²) in [6.07, 6.45) is 0. The highest BCUT2D eigenvalue weighted by Crippen LogP contribution is 2.45. The van der Waals surface area contributed by atoms with Crippen LogP contribution in [-0.4, -0.2) is 0 Å². The fourth-order valence-corrected chi connectivity index (χ4v) is 7.84. The second-order valence-corrected chi connectivity index (χ2v) is 13.3. The molecule has 10 rings (SSSR count). The Morgan fingerprint density at radius 1 is 0.288 bits per heavy atom. The highest BCUT2D eigenvalue weighted by Gasteiger charge is 2.20. The van der Waals surface area contributed by atoms with Crippen molar-refractivity contribution in [3.8, 4) is 33.6 Å². The average molecular weight is 664 g/mol. The number of nitrogens with zero attached hydrogens (tertiary/aromatic N) is 1. The zero-order chi connectivity index (χ0) is 34.4. The van der Waals surface area contributed by atoms with Crippen LogP contribution in [0.15, 0.2) is 205 Å². The molecule has 10 aromatic rings. The summed E-state index contributed by atoms with van der Waals surface area (Å²) in [6.45, 7) is 0. The first-order valence-electron chi connectivity index (χ1n) is 17.8. The molecule has 1 aromatic heterocycles. The average Bonchev–Trinajstić information content (AvgIpc) is 3.62. The molecule has 0 aliphatic carbocycles. The molecule has 0 amide bonds. The Morgan fingerprint density at radius 2 is 0.769 bits per heavy atom. The van der Waals surface area contributed by atoms with E-state index in [-0.39, 0.29) is 0 Å². The van der Waals surface area contributed by atoms with Crippen molar-refractivity contribution < 1.29 is 4.42 Å². The molecule has 244 valence electrons. The summed E-state index contributed by atoms with van der Waals surface area (Å²) in [6, 6.07) is 71.6. The molecule has 0 saturated heterocycles. The van der Waals surface area contributed by atoms with Gasteiger partial charge in [0.1, 0.15) is 11.3 Å². The van der Waals surface area contributed by atoms with Gasteiger partial charge in [-0.1, -0.05) is 158 Å². The maximum absolute atomic E-state index is 6.58. The number of benzene rings is 9. The Balaban J connectivity index is 1.20. The van der Waals surface area contributed by atoms with Crippen molar-refractivity contribution in [3.63, 3.8) is 0 Å². The standard InChI is InChI=1S/C50H33NO/c1-3-14-34(15-4-1)35-26-28-38(29-27-35)51(40-30-31-45-43-22-8-7-20-41(43)42-21-9-10-23-44(42)47(45)33-40)39-19-13-18-37(32-39)49-46-24-11-12-25-48(46)52-50(49)36-16-5-2-6-17-36/h1-33H. The zero-order valence-electron chi connectivity index (χ0n) is 28.4. The van der Waals surface area contributed by atoms with E-state index in [2.05, 4.69) is 193 Å². The van der Waals surface area contributed by atoms with E-state index in [1.807, 2.05) is 12.1 Å². The van der Waals surface area contributed by atoms with E-state index in [0.29, 0.717) is 0 Å². The first-order chi connectivity index (χ1) is 25.8. The lowest BCUT2D eigenvalue weighted by molar-refractivity contribution is 0.632. The molecule has 9 aromatic carbocycles. The van der Waals surface area contributed by atoms with Crippen molar-refractivity contribution in [1.82, 2.24) is 0 Å². The van der Waals surface area contributed by atoms with Crippen LogP contribution in [0, 0.1) is 0 Å². The number of rotatable bonds is 6. The van der Waals surface area contributed by atoms with Crippen molar-refractivity contribution in [2.24, 2.45) is 0 Å². The van der Waals surface area contributed by atoms with E-state index in [1.54, 1.807) is 0 Å². The van der Waals surface area contributed by atoms with Gasteiger partial charge in [-0.15, -0.1) is 0 Å². The summed E-state index contributed by atoms with van der Waals surface area (Å²) in [5.74, 6) is 0.877. The molecule has 0 radical (unpaired) electrons. The first kappa shape index (κ1) is 30.0. The molecule has 0 bridgehead atoms. The van der Waals surface area contributed by atoms with E-state index < -0.39 is 0 Å². The van der Waals surface area contributed by atoms with Crippen LogP contribution < -0.4 is 4.90 Å². The van der Waals surface area contributed by atoms with Crippen molar-refractivity contribution in [2.75, 3.05) is 4.90 Å². The highest BCUT2D eigenvalue weighted by molar-refractivity contribution is 6.25. The molecule has 0 aliphatic heterocycles. The van der Waals surface area contributed by atoms with Crippen LogP contribution in [0.3, 0.4) is 0 Å². The Morgan fingerprint density at radius 3 is 1.44 bits per heavy atom. The lowest BCUT2D eigenvalue weighted by Gasteiger charge is -2.27. The second-order valence-electron chi connectivity index (χ2n) is 13.3. The third-order valence-corrected chi connectivity index (χ3v) is 10.2. The van der Waals surface area contributed by atoms with Crippen LogP contribution in [0.2, 0.25) is 0 Å². The predicted octanol–water partition coefficient (Wildman–Crippen LogP) is 14.4. The van der Waals surface area contributed by atoms with Crippen LogP contribution in [0.1, 0.15) is 0 Å². The molecule has 0 atom stereocenters. The van der Waals surface area contributed by atoms with Gasteiger partial charge in [-0.05, 0) is 91.5 Å². The molecule has 0 saturated carbocycles. The summed E-state index contributed by atoms with van der Waals surface area (Å²) in [4.78, 5) is 2.38. The molecule has 1 heterocycles. The molecule has 0 unspecified atom stereocenters. The number of hydrogen-bond donors (Lipinski definition) is 0. The molecule has 2 nitrogen and oxygen atoms in total. The van der Waals surface area contributed by atoms with Gasteiger partial charge in [0.05, 0.1) is 0 Å². The Labute approximate surface area is 302 Å². The van der Waals surface area contributed by atoms with E-state index >= 15 is 0 Å². The topological polar surface area (TPSA) is 16.4 Å². The fraction of sp³-hybridized carbons (Fsp3) is 0. The first-order valence-corrected chi connectivity index (χ1v) is 17.8. The van der Waals surface area contributed by atoms with Gasteiger partial charge in [-0.2, -0.15) is 0 Å². The monoisotopic (exact) mass is 663 g/mol. The molecule has 0 fully saturated rings. The van der Waals surface area contributed by atoms with E-state index in [9.17, 15) is 0 Å². The third-order valence-electron chi connectivity index (χ3n) is 10.2. The van der Waals surface area contributed by atoms with Crippen molar-refractivity contribution >= 4 is 60.3 Å². The second kappa shape index (κ2) is 12.5. The number of furan rings is 1. The minimum Gasteiger partial charge on any atom is -0.455 e. The van der Waals surface area contributed by atoms with Crippen LogP contribution in [-0.2, 0) is 0 Å². The zero-order valence-corrected chi connectivity index (χ0v) is 28.4. The smallest absolute Gasteiger partial charge is 0.143 e. The lowest BCUT2D eigenvalue weighted by atomic mass is 9.94. The maximum Gasteiger partial charge on any atom is 0.143 e. The molecule has 2 heteroatoms. The molecule has 52 heavy (non-hydrogen) atoms. The van der Waals surface area contributed by atoms with Gasteiger partial charge >= 0.3 is 0 Å². The number of anilines is 3. The number of fused-ring (bicyclic) bond motifs is 7. The normalized spacial score (nSPS) is 11.5. The van der Waals surface area contributed by atoms with Gasteiger partial charge in [0, 0.05) is 33.6 Å². The van der Waals surface area contributed by atoms with Gasteiger partial charge in [0.2, 0.25) is 0 Å². The van der Waals surface area contributed by atoms with E-state index in [0.717, 1.165) is 50.5 Å². The molecule has 0 aliphatic rings. The summed E-state index contributed by atoms with van der Waals surface area (Å²) in [5.41, 5.74) is 9.77. The third kappa shape index (κ3) is 5.04. The van der Waals surface area contributed by atoms with Crippen molar-refractivity contribution in [2.45, 2.75) is 0 Å². The number of para-hydroxylation sites is 1. The van der Waals surface area contributed by atoms with Gasteiger partial charge in [-0.3, -0.25) is 0 Å². The van der Waals surface area contributed by atoms with Gasteiger partial charge in [0.25, 0.3) is 0 Å². The lowest BCUT2D eigenvalue weighted by Crippen LogP contribution is -2.10. The minimum atomic E-state index is 0.877. The van der Waals surface area contributed by atoms with Crippen molar-refractivity contribution in [1.29, 1.82) is 0 Å². The van der Waals surface area contributed by atoms with E-state index in [1.165, 1.54) is 43.4 Å². The Kier molecular flexibility index (Phi) is 7.18. The SMILES string of the molecule is c1ccc(-c2ccc(N(c3cccc(-c4c(-c5ccccc5)oc5ccccc45)c3)c3ccc4c5ccccc5c5ccccc5c4c3)cc2)cc1. The van der Waals surface area contributed by atoms with Crippen molar-refractivity contribution in [3.05, 3.63) is 200 Å². The predicted molar refractivity (Wildman–Crippen MR) is 220 cm³/mol. The summed E-state index contributed by atoms with van der Waals surface area (Å²) in [5, 5.41) is 8.66. The van der Waals surface area contributed by atoms with Crippen LogP contribution in [0.25, 0.3) is 76.9 Å². The summed E-state index contributed by atoms with van der Waals surface area (Å²) < 4.78 is 6.58. The highest BCUT2D eigenvalue weighted by atomic mass is 16.3. The summed E-state index contributed by atoms with van der Waals surface area (Å²) in [7, 11) is 0. The Bertz CT molecular complexity index is 2850. The van der Waals surface area contributed by atoms with Gasteiger partial charge in [0.15, 0.2) is 0 Å². The van der Waals surface area contributed by atoms with Gasteiger partial charge < -0.3 is 9.32 Å². The van der Waals surface area contributed by atoms with Gasteiger partial charge in [-0.25, -0.2) is 0 Å². The maximum atomic E-state index is 6.58. The van der Waals surface area contributed by atoms with E-state index in [4.69, 9.17) is 4.42 Å². The van der Waals surface area contributed by atoms with Crippen LogP contribution in [0.4, 0.5) is 17.1 Å². The van der Waals surface area contributed by atoms with Crippen LogP contribution in [0.5, 0.6) is 0 Å².